The Morgan fingerprint density at radius 3 is 2.52 bits per heavy atom. The first-order valence-electron chi connectivity index (χ1n) is 6.65. The summed E-state index contributed by atoms with van der Waals surface area (Å²) in [6.45, 7) is 5.93. The maximum absolute atomic E-state index is 12.5. The van der Waals surface area contributed by atoms with E-state index in [1.807, 2.05) is 45.0 Å². The largest absolute Gasteiger partial charge is 0.496 e. The van der Waals surface area contributed by atoms with Crippen LogP contribution in [-0.2, 0) is 0 Å². The number of ether oxygens (including phenoxy) is 1. The summed E-state index contributed by atoms with van der Waals surface area (Å²) in [5, 5.41) is 2.96. The SMILES string of the molecule is COc1c(C)cc(Br)cc1C(=O)Nc1cccc(C)c1C. The number of carbonyl (C=O) groups is 1. The van der Waals surface area contributed by atoms with Gasteiger partial charge in [0.25, 0.3) is 5.91 Å². The first kappa shape index (κ1) is 15.6. The molecule has 2 aromatic rings. The zero-order valence-electron chi connectivity index (χ0n) is 12.6. The molecule has 2 aromatic carbocycles. The third-order valence-electron chi connectivity index (χ3n) is 3.54. The van der Waals surface area contributed by atoms with Crippen molar-refractivity contribution in [3.8, 4) is 5.75 Å². The van der Waals surface area contributed by atoms with Crippen molar-refractivity contribution in [1.82, 2.24) is 0 Å². The highest BCUT2D eigenvalue weighted by Gasteiger charge is 2.16. The molecule has 0 heterocycles. The summed E-state index contributed by atoms with van der Waals surface area (Å²) in [7, 11) is 1.57. The van der Waals surface area contributed by atoms with Gasteiger partial charge in [0.2, 0.25) is 0 Å². The number of hydrogen-bond donors (Lipinski definition) is 1. The van der Waals surface area contributed by atoms with E-state index in [1.54, 1.807) is 13.2 Å². The monoisotopic (exact) mass is 347 g/mol. The van der Waals surface area contributed by atoms with E-state index in [0.717, 1.165) is 26.9 Å². The number of aryl methyl sites for hydroxylation is 2. The minimum Gasteiger partial charge on any atom is -0.496 e. The summed E-state index contributed by atoms with van der Waals surface area (Å²) in [5.74, 6) is 0.422. The van der Waals surface area contributed by atoms with Gasteiger partial charge >= 0.3 is 0 Å². The molecule has 1 N–H and O–H groups in total. The molecule has 4 heteroatoms. The molecule has 0 aliphatic heterocycles. The lowest BCUT2D eigenvalue weighted by Gasteiger charge is -2.14. The number of halogens is 1. The number of methoxy groups -OCH3 is 1. The summed E-state index contributed by atoms with van der Waals surface area (Å²) >= 11 is 3.42. The van der Waals surface area contributed by atoms with E-state index < -0.39 is 0 Å². The van der Waals surface area contributed by atoms with Crippen LogP contribution in [-0.4, -0.2) is 13.0 Å². The van der Waals surface area contributed by atoms with Crippen LogP contribution in [0.5, 0.6) is 5.75 Å². The van der Waals surface area contributed by atoms with Gasteiger partial charge in [-0.3, -0.25) is 4.79 Å². The fourth-order valence-electron chi connectivity index (χ4n) is 2.25. The second-order valence-electron chi connectivity index (χ2n) is 5.01. The number of carbonyl (C=O) groups excluding carboxylic acids is 1. The van der Waals surface area contributed by atoms with Crippen LogP contribution in [0.25, 0.3) is 0 Å². The van der Waals surface area contributed by atoms with Crippen LogP contribution in [0.2, 0.25) is 0 Å². The number of amides is 1. The Morgan fingerprint density at radius 2 is 1.86 bits per heavy atom. The third kappa shape index (κ3) is 3.27. The lowest BCUT2D eigenvalue weighted by Crippen LogP contribution is -2.15. The van der Waals surface area contributed by atoms with Gasteiger partial charge in [-0.05, 0) is 55.7 Å². The Bertz CT molecular complexity index is 695. The number of hydrogen-bond acceptors (Lipinski definition) is 2. The highest BCUT2D eigenvalue weighted by Crippen LogP contribution is 2.29. The molecule has 0 aromatic heterocycles. The second-order valence-corrected chi connectivity index (χ2v) is 5.92. The molecule has 0 atom stereocenters. The van der Waals surface area contributed by atoms with Gasteiger partial charge < -0.3 is 10.1 Å². The number of nitrogens with one attached hydrogen (secondary N) is 1. The zero-order valence-corrected chi connectivity index (χ0v) is 14.2. The normalized spacial score (nSPS) is 10.3. The van der Waals surface area contributed by atoms with Crippen LogP contribution in [0.3, 0.4) is 0 Å². The summed E-state index contributed by atoms with van der Waals surface area (Å²) < 4.78 is 6.22. The fraction of sp³-hybridized carbons (Fsp3) is 0.235. The van der Waals surface area contributed by atoms with Gasteiger partial charge in [0.1, 0.15) is 5.75 Å². The molecule has 0 saturated heterocycles. The van der Waals surface area contributed by atoms with Crippen molar-refractivity contribution < 1.29 is 9.53 Å². The third-order valence-corrected chi connectivity index (χ3v) is 4.00. The van der Waals surface area contributed by atoms with Crippen LogP contribution in [0.15, 0.2) is 34.8 Å². The van der Waals surface area contributed by atoms with E-state index in [4.69, 9.17) is 4.74 Å². The average Bonchev–Trinajstić information content (AvgIpc) is 2.43. The Hall–Kier alpha value is -1.81. The van der Waals surface area contributed by atoms with E-state index in [1.165, 1.54) is 0 Å². The Kier molecular flexibility index (Phi) is 4.68. The number of rotatable bonds is 3. The molecule has 0 bridgehead atoms. The van der Waals surface area contributed by atoms with Crippen LogP contribution < -0.4 is 10.1 Å². The lowest BCUT2D eigenvalue weighted by molar-refractivity contribution is 0.102. The van der Waals surface area contributed by atoms with E-state index in [0.29, 0.717) is 11.3 Å². The van der Waals surface area contributed by atoms with Crippen molar-refractivity contribution in [2.45, 2.75) is 20.8 Å². The molecule has 3 nitrogen and oxygen atoms in total. The van der Waals surface area contributed by atoms with Crippen LogP contribution in [0.1, 0.15) is 27.0 Å². The van der Waals surface area contributed by atoms with Crippen molar-refractivity contribution in [2.75, 3.05) is 12.4 Å². The molecule has 0 saturated carbocycles. The summed E-state index contributed by atoms with van der Waals surface area (Å²) in [5.41, 5.74) is 4.46. The molecule has 1 amide bonds. The maximum atomic E-state index is 12.5. The smallest absolute Gasteiger partial charge is 0.259 e. The first-order chi connectivity index (χ1) is 9.93. The molecular formula is C17H18BrNO2. The van der Waals surface area contributed by atoms with Gasteiger partial charge in [-0.15, -0.1) is 0 Å². The number of benzene rings is 2. The summed E-state index contributed by atoms with van der Waals surface area (Å²) in [6, 6.07) is 9.55. The highest BCUT2D eigenvalue weighted by molar-refractivity contribution is 9.10. The fourth-order valence-corrected chi connectivity index (χ4v) is 2.82. The maximum Gasteiger partial charge on any atom is 0.259 e. The van der Waals surface area contributed by atoms with Gasteiger partial charge in [0.15, 0.2) is 0 Å². The lowest BCUT2D eigenvalue weighted by atomic mass is 10.1. The average molecular weight is 348 g/mol. The van der Waals surface area contributed by atoms with Crippen LogP contribution in [0, 0.1) is 20.8 Å². The molecule has 0 fully saturated rings. The Labute approximate surface area is 133 Å². The van der Waals surface area contributed by atoms with Crippen LogP contribution in [0.4, 0.5) is 5.69 Å². The molecule has 0 aliphatic rings. The molecule has 0 aliphatic carbocycles. The quantitative estimate of drug-likeness (QED) is 0.878. The Balaban J connectivity index is 2.39. The molecule has 2 rings (SSSR count). The molecule has 21 heavy (non-hydrogen) atoms. The molecule has 110 valence electrons. The molecular weight excluding hydrogens is 330 g/mol. The second kappa shape index (κ2) is 6.31. The topological polar surface area (TPSA) is 38.3 Å². The van der Waals surface area contributed by atoms with Crippen molar-refractivity contribution in [2.24, 2.45) is 0 Å². The minimum atomic E-state index is -0.176. The first-order valence-corrected chi connectivity index (χ1v) is 7.45. The van der Waals surface area contributed by atoms with E-state index in [2.05, 4.69) is 21.2 Å². The highest BCUT2D eigenvalue weighted by atomic mass is 79.9. The van der Waals surface area contributed by atoms with Gasteiger partial charge in [-0.2, -0.15) is 0 Å². The van der Waals surface area contributed by atoms with Crippen LogP contribution >= 0.6 is 15.9 Å². The van der Waals surface area contributed by atoms with Gasteiger partial charge in [-0.1, -0.05) is 28.1 Å². The van der Waals surface area contributed by atoms with Crippen molar-refractivity contribution >= 4 is 27.5 Å². The summed E-state index contributed by atoms with van der Waals surface area (Å²) in [6.07, 6.45) is 0. The standard InChI is InChI=1S/C17H18BrNO2/c1-10-6-5-7-15(12(10)3)19-17(20)14-9-13(18)8-11(2)16(14)21-4/h5-9H,1-4H3,(H,19,20). The van der Waals surface area contributed by atoms with E-state index in [9.17, 15) is 4.79 Å². The van der Waals surface area contributed by atoms with Gasteiger partial charge in [-0.25, -0.2) is 0 Å². The predicted octanol–water partition coefficient (Wildman–Crippen LogP) is 4.64. The zero-order chi connectivity index (χ0) is 15.6. The summed E-state index contributed by atoms with van der Waals surface area (Å²) in [4.78, 5) is 12.5. The van der Waals surface area contributed by atoms with E-state index in [-0.39, 0.29) is 5.91 Å². The van der Waals surface area contributed by atoms with E-state index >= 15 is 0 Å². The molecule has 0 spiro atoms. The van der Waals surface area contributed by atoms with Crippen molar-refractivity contribution in [3.05, 3.63) is 57.1 Å². The predicted molar refractivity (Wildman–Crippen MR) is 89.3 cm³/mol. The molecule has 0 unspecified atom stereocenters. The number of anilines is 1. The molecule has 0 radical (unpaired) electrons. The van der Waals surface area contributed by atoms with Crippen molar-refractivity contribution in [1.29, 1.82) is 0 Å². The van der Waals surface area contributed by atoms with Crippen molar-refractivity contribution in [3.63, 3.8) is 0 Å². The Morgan fingerprint density at radius 1 is 1.14 bits per heavy atom. The van der Waals surface area contributed by atoms with Gasteiger partial charge in [0.05, 0.1) is 12.7 Å². The van der Waals surface area contributed by atoms with Gasteiger partial charge in [0, 0.05) is 10.2 Å². The minimum absolute atomic E-state index is 0.176.